The Labute approximate surface area is 74.4 Å². The molecule has 0 saturated heterocycles. The van der Waals surface area contributed by atoms with Crippen molar-refractivity contribution < 1.29 is 0 Å². The van der Waals surface area contributed by atoms with Gasteiger partial charge in [-0.15, -0.1) is 0 Å². The van der Waals surface area contributed by atoms with Crippen LogP contribution in [0.2, 0.25) is 0 Å². The van der Waals surface area contributed by atoms with E-state index in [-0.39, 0.29) is 0 Å². The van der Waals surface area contributed by atoms with Gasteiger partial charge in [0.15, 0.2) is 0 Å². The topological polar surface area (TPSA) is 24.4 Å². The first kappa shape index (κ1) is 8.09. The number of hydrogen-bond acceptors (Lipinski definition) is 2. The predicted octanol–water partition coefficient (Wildman–Crippen LogP) is 2.30. The summed E-state index contributed by atoms with van der Waals surface area (Å²) in [4.78, 5) is 0. The van der Waals surface area contributed by atoms with E-state index in [2.05, 4.69) is 10.5 Å². The summed E-state index contributed by atoms with van der Waals surface area (Å²) in [7, 11) is 0. The van der Waals surface area contributed by atoms with Gasteiger partial charge in [0.05, 0.1) is 6.04 Å². The van der Waals surface area contributed by atoms with Crippen LogP contribution in [0.3, 0.4) is 0 Å². The molecule has 0 spiro atoms. The third kappa shape index (κ3) is 1.79. The molecular weight excluding hydrogens is 148 g/mol. The van der Waals surface area contributed by atoms with E-state index in [0.29, 0.717) is 6.04 Å². The van der Waals surface area contributed by atoms with E-state index in [1.165, 1.54) is 38.5 Å². The second-order valence-corrected chi connectivity index (χ2v) is 4.03. The van der Waals surface area contributed by atoms with Crippen LogP contribution in [0.5, 0.6) is 0 Å². The smallest absolute Gasteiger partial charge is 0.0518 e. The van der Waals surface area contributed by atoms with E-state index in [4.69, 9.17) is 0 Å². The van der Waals surface area contributed by atoms with Gasteiger partial charge in [0, 0.05) is 12.6 Å². The third-order valence-electron chi connectivity index (χ3n) is 3.16. The van der Waals surface area contributed by atoms with Gasteiger partial charge in [0.1, 0.15) is 0 Å². The summed E-state index contributed by atoms with van der Waals surface area (Å²) in [6.45, 7) is 0. The van der Waals surface area contributed by atoms with Crippen LogP contribution < -0.4 is 5.43 Å². The molecule has 1 atom stereocenters. The molecule has 2 heteroatoms. The Morgan fingerprint density at radius 3 is 2.42 bits per heavy atom. The minimum absolute atomic E-state index is 0.670. The molecule has 12 heavy (non-hydrogen) atoms. The Morgan fingerprint density at radius 2 is 1.83 bits per heavy atom. The van der Waals surface area contributed by atoms with Crippen LogP contribution >= 0.6 is 0 Å². The lowest BCUT2D eigenvalue weighted by Gasteiger charge is -2.20. The zero-order chi connectivity index (χ0) is 8.23. The third-order valence-corrected chi connectivity index (χ3v) is 3.16. The summed E-state index contributed by atoms with van der Waals surface area (Å²) in [5, 5.41) is 4.10. The monoisotopic (exact) mass is 166 g/mol. The molecule has 1 aliphatic carbocycles. The Hall–Kier alpha value is -0.530. The van der Waals surface area contributed by atoms with E-state index >= 15 is 0 Å². The summed E-state index contributed by atoms with van der Waals surface area (Å²) in [5.74, 6) is 0.898. The van der Waals surface area contributed by atoms with Crippen molar-refractivity contribution in [3.05, 3.63) is 0 Å². The first-order valence-corrected chi connectivity index (χ1v) is 5.24. The van der Waals surface area contributed by atoms with E-state index < -0.39 is 0 Å². The Balaban J connectivity index is 1.84. The SMILES string of the molecule is C1=NNC(C2CCCCCC2)C1. The highest BCUT2D eigenvalue weighted by Crippen LogP contribution is 2.27. The molecule has 1 aliphatic heterocycles. The molecule has 68 valence electrons. The Bertz CT molecular complexity index is 149. The fourth-order valence-electron chi connectivity index (χ4n) is 2.38. The van der Waals surface area contributed by atoms with Crippen LogP contribution in [0.15, 0.2) is 5.10 Å². The summed E-state index contributed by atoms with van der Waals surface area (Å²) < 4.78 is 0. The average molecular weight is 166 g/mol. The van der Waals surface area contributed by atoms with E-state index in [9.17, 15) is 0 Å². The average Bonchev–Trinajstić information content (AvgIpc) is 2.48. The van der Waals surface area contributed by atoms with Crippen molar-refractivity contribution in [3.63, 3.8) is 0 Å². The minimum Gasteiger partial charge on any atom is -0.307 e. The molecule has 0 radical (unpaired) electrons. The largest absolute Gasteiger partial charge is 0.307 e. The first-order valence-electron chi connectivity index (χ1n) is 5.24. The van der Waals surface area contributed by atoms with Crippen LogP contribution in [0.4, 0.5) is 0 Å². The molecule has 1 unspecified atom stereocenters. The molecule has 1 saturated carbocycles. The number of hydrogen-bond donors (Lipinski definition) is 1. The van der Waals surface area contributed by atoms with Crippen LogP contribution in [-0.2, 0) is 0 Å². The molecule has 0 aromatic heterocycles. The molecule has 2 nitrogen and oxygen atoms in total. The first-order chi connectivity index (χ1) is 5.97. The maximum atomic E-state index is 4.10. The number of hydrazone groups is 1. The van der Waals surface area contributed by atoms with Crippen LogP contribution in [-0.4, -0.2) is 12.3 Å². The molecule has 0 aromatic rings. The van der Waals surface area contributed by atoms with E-state index in [1.807, 2.05) is 6.21 Å². The fraction of sp³-hybridized carbons (Fsp3) is 0.900. The van der Waals surface area contributed by atoms with Crippen LogP contribution in [0.25, 0.3) is 0 Å². The standard InChI is InChI=1S/C10H18N2/c1-2-4-6-9(5-3-1)10-7-8-11-12-10/h8-10,12H,1-7H2. The lowest BCUT2D eigenvalue weighted by atomic mass is 9.91. The van der Waals surface area contributed by atoms with Crippen molar-refractivity contribution in [1.29, 1.82) is 0 Å². The number of rotatable bonds is 1. The van der Waals surface area contributed by atoms with Crippen LogP contribution in [0, 0.1) is 5.92 Å². The van der Waals surface area contributed by atoms with Crippen molar-refractivity contribution in [1.82, 2.24) is 5.43 Å². The summed E-state index contributed by atoms with van der Waals surface area (Å²) in [5.41, 5.74) is 3.22. The van der Waals surface area contributed by atoms with Crippen molar-refractivity contribution in [2.24, 2.45) is 11.0 Å². The van der Waals surface area contributed by atoms with Gasteiger partial charge >= 0.3 is 0 Å². The molecule has 0 bridgehead atoms. The Kier molecular flexibility index (Phi) is 2.64. The second-order valence-electron chi connectivity index (χ2n) is 4.03. The predicted molar refractivity (Wildman–Crippen MR) is 51.2 cm³/mol. The molecule has 1 fully saturated rings. The highest BCUT2D eigenvalue weighted by molar-refractivity contribution is 5.59. The molecule has 1 N–H and O–H groups in total. The number of nitrogens with one attached hydrogen (secondary N) is 1. The summed E-state index contributed by atoms with van der Waals surface area (Å²) in [6, 6.07) is 0.670. The van der Waals surface area contributed by atoms with Gasteiger partial charge in [-0.25, -0.2) is 0 Å². The highest BCUT2D eigenvalue weighted by atomic mass is 15.3. The molecule has 0 aromatic carbocycles. The van der Waals surface area contributed by atoms with Gasteiger partial charge in [-0.2, -0.15) is 5.10 Å². The van der Waals surface area contributed by atoms with Crippen molar-refractivity contribution >= 4 is 6.21 Å². The maximum absolute atomic E-state index is 4.10. The van der Waals surface area contributed by atoms with E-state index in [1.54, 1.807) is 0 Å². The quantitative estimate of drug-likeness (QED) is 0.594. The van der Waals surface area contributed by atoms with E-state index in [0.717, 1.165) is 12.3 Å². The summed E-state index contributed by atoms with van der Waals surface area (Å²) in [6.07, 6.45) is 11.8. The van der Waals surface area contributed by atoms with Gasteiger partial charge in [-0.1, -0.05) is 25.7 Å². The molecule has 1 heterocycles. The zero-order valence-electron chi connectivity index (χ0n) is 7.63. The van der Waals surface area contributed by atoms with Gasteiger partial charge < -0.3 is 5.43 Å². The molecule has 2 aliphatic rings. The summed E-state index contributed by atoms with van der Waals surface area (Å²) >= 11 is 0. The minimum atomic E-state index is 0.670. The molecule has 2 rings (SSSR count). The maximum Gasteiger partial charge on any atom is 0.0518 e. The van der Waals surface area contributed by atoms with Crippen molar-refractivity contribution in [2.45, 2.75) is 51.0 Å². The van der Waals surface area contributed by atoms with Gasteiger partial charge in [0.25, 0.3) is 0 Å². The van der Waals surface area contributed by atoms with Gasteiger partial charge in [-0.05, 0) is 18.8 Å². The van der Waals surface area contributed by atoms with Crippen LogP contribution in [0.1, 0.15) is 44.9 Å². The molecule has 0 amide bonds. The van der Waals surface area contributed by atoms with Gasteiger partial charge in [0.2, 0.25) is 0 Å². The lowest BCUT2D eigenvalue weighted by molar-refractivity contribution is 0.344. The second kappa shape index (κ2) is 3.92. The number of nitrogens with zero attached hydrogens (tertiary/aromatic N) is 1. The zero-order valence-corrected chi connectivity index (χ0v) is 7.63. The van der Waals surface area contributed by atoms with Crippen molar-refractivity contribution in [3.8, 4) is 0 Å². The normalized spacial score (nSPS) is 31.5. The fourth-order valence-corrected chi connectivity index (χ4v) is 2.38. The van der Waals surface area contributed by atoms with Crippen molar-refractivity contribution in [2.75, 3.05) is 0 Å². The Morgan fingerprint density at radius 1 is 1.08 bits per heavy atom. The molecular formula is C10H18N2. The highest BCUT2D eigenvalue weighted by Gasteiger charge is 2.23. The lowest BCUT2D eigenvalue weighted by Crippen LogP contribution is -2.28. The van der Waals surface area contributed by atoms with Gasteiger partial charge in [-0.3, -0.25) is 0 Å².